The van der Waals surface area contributed by atoms with Crippen LogP contribution in [0.1, 0.15) is 12.5 Å². The summed E-state index contributed by atoms with van der Waals surface area (Å²) in [5.74, 6) is 0.266. The summed E-state index contributed by atoms with van der Waals surface area (Å²) in [6.07, 6.45) is 1.47. The summed E-state index contributed by atoms with van der Waals surface area (Å²) >= 11 is 0.977. The molecule has 0 aliphatic heterocycles. The molecule has 0 aliphatic carbocycles. The van der Waals surface area contributed by atoms with Gasteiger partial charge in [-0.05, 0) is 54.6 Å². The predicted octanol–water partition coefficient (Wildman–Crippen LogP) is 4.34. The molecule has 0 saturated heterocycles. The minimum absolute atomic E-state index is 0.0403. The van der Waals surface area contributed by atoms with Crippen molar-refractivity contribution in [3.05, 3.63) is 58.8 Å². The zero-order chi connectivity index (χ0) is 21.7. The van der Waals surface area contributed by atoms with Crippen LogP contribution >= 0.6 is 11.8 Å². The van der Waals surface area contributed by atoms with Gasteiger partial charge in [0.1, 0.15) is 22.2 Å². The number of halogens is 1. The van der Waals surface area contributed by atoms with Crippen molar-refractivity contribution in [2.45, 2.75) is 18.6 Å². The number of carbonyl (C=O) groups is 1. The van der Waals surface area contributed by atoms with E-state index in [9.17, 15) is 14.3 Å². The van der Waals surface area contributed by atoms with Crippen molar-refractivity contribution in [2.75, 3.05) is 14.2 Å². The van der Waals surface area contributed by atoms with Crippen molar-refractivity contribution in [2.24, 2.45) is 0 Å². The average molecular weight is 429 g/mol. The Morgan fingerprint density at radius 3 is 2.30 bits per heavy atom. The highest BCUT2D eigenvalue weighted by atomic mass is 32.2. The van der Waals surface area contributed by atoms with Crippen LogP contribution in [0.4, 0.5) is 4.39 Å². The van der Waals surface area contributed by atoms with Gasteiger partial charge in [-0.3, -0.25) is 0 Å². The third kappa shape index (κ3) is 4.80. The van der Waals surface area contributed by atoms with Gasteiger partial charge in [-0.15, -0.1) is 10.2 Å². The number of benzene rings is 2. The first-order chi connectivity index (χ1) is 14.4. The fourth-order valence-corrected chi connectivity index (χ4v) is 3.63. The summed E-state index contributed by atoms with van der Waals surface area (Å²) in [6, 6.07) is 10.9. The summed E-state index contributed by atoms with van der Waals surface area (Å²) in [5.41, 5.74) is 1.30. The van der Waals surface area contributed by atoms with Gasteiger partial charge in [0.25, 0.3) is 0 Å². The molecule has 0 spiro atoms. The number of thioether (sulfide) groups is 1. The van der Waals surface area contributed by atoms with Gasteiger partial charge in [0.2, 0.25) is 0 Å². The molecule has 0 amide bonds. The molecule has 3 rings (SSSR count). The first-order valence-electron chi connectivity index (χ1n) is 9.00. The van der Waals surface area contributed by atoms with Gasteiger partial charge < -0.3 is 19.1 Å². The first kappa shape index (κ1) is 21.4. The Labute approximate surface area is 177 Å². The van der Waals surface area contributed by atoms with Gasteiger partial charge >= 0.3 is 5.97 Å². The van der Waals surface area contributed by atoms with Crippen molar-refractivity contribution in [1.29, 1.82) is 0 Å². The number of methoxy groups -OCH3 is 2. The number of hydrogen-bond donors (Lipinski definition) is 1. The van der Waals surface area contributed by atoms with Gasteiger partial charge in [0, 0.05) is 18.2 Å². The van der Waals surface area contributed by atoms with Gasteiger partial charge in [0.05, 0.1) is 14.2 Å². The molecule has 30 heavy (non-hydrogen) atoms. The number of ether oxygens (including phenoxy) is 2. The highest BCUT2D eigenvalue weighted by Crippen LogP contribution is 2.33. The maximum absolute atomic E-state index is 13.1. The molecular formula is C21H20FN3O4S. The van der Waals surface area contributed by atoms with E-state index in [-0.39, 0.29) is 10.7 Å². The lowest BCUT2D eigenvalue weighted by Crippen LogP contribution is -2.03. The molecule has 0 atom stereocenters. The number of carboxylic acids is 1. The Hall–Kier alpha value is -3.33. The van der Waals surface area contributed by atoms with Crippen LogP contribution in [0, 0.1) is 5.82 Å². The Bertz CT molecular complexity index is 1060. The number of aliphatic carboxylic acids is 1. The van der Waals surface area contributed by atoms with Crippen LogP contribution in [-0.2, 0) is 11.3 Å². The highest BCUT2D eigenvalue weighted by molar-refractivity contribution is 8.04. The molecule has 1 heterocycles. The summed E-state index contributed by atoms with van der Waals surface area (Å²) in [5, 5.41) is 18.5. The van der Waals surface area contributed by atoms with E-state index in [2.05, 4.69) is 10.2 Å². The highest BCUT2D eigenvalue weighted by Gasteiger charge is 2.19. The fraction of sp³-hybridized carbons (Fsp3) is 0.190. The van der Waals surface area contributed by atoms with Crippen molar-refractivity contribution in [1.82, 2.24) is 14.8 Å². The van der Waals surface area contributed by atoms with Crippen LogP contribution in [-0.4, -0.2) is 40.1 Å². The minimum atomic E-state index is -1.11. The number of rotatable bonds is 8. The van der Waals surface area contributed by atoms with Crippen molar-refractivity contribution in [3.8, 4) is 22.9 Å². The van der Waals surface area contributed by atoms with Crippen LogP contribution in [0.15, 0.2) is 52.5 Å². The molecule has 0 unspecified atom stereocenters. The zero-order valence-corrected chi connectivity index (χ0v) is 17.4. The predicted molar refractivity (Wildman–Crippen MR) is 112 cm³/mol. The Morgan fingerprint density at radius 2 is 1.77 bits per heavy atom. The van der Waals surface area contributed by atoms with Crippen molar-refractivity contribution < 1.29 is 23.8 Å². The lowest BCUT2D eigenvalue weighted by Gasteiger charge is -2.10. The van der Waals surface area contributed by atoms with Gasteiger partial charge in [-0.1, -0.05) is 12.1 Å². The van der Waals surface area contributed by atoms with Gasteiger partial charge in [-0.25, -0.2) is 9.18 Å². The van der Waals surface area contributed by atoms with E-state index in [0.717, 1.165) is 17.3 Å². The molecule has 0 aliphatic rings. The molecule has 0 saturated carbocycles. The maximum Gasteiger partial charge on any atom is 0.342 e. The summed E-state index contributed by atoms with van der Waals surface area (Å²) < 4.78 is 25.6. The van der Waals surface area contributed by atoms with Crippen LogP contribution in [0.2, 0.25) is 0 Å². The number of carboxylic acid groups (broad SMARTS) is 1. The van der Waals surface area contributed by atoms with E-state index in [4.69, 9.17) is 9.47 Å². The lowest BCUT2D eigenvalue weighted by molar-refractivity contribution is -0.131. The number of aromatic nitrogens is 3. The van der Waals surface area contributed by atoms with Crippen LogP contribution in [0.5, 0.6) is 11.5 Å². The SMILES string of the molecule is CCn1c(S/C(=C\c2ccc(F)cc2)C(=O)O)nnc1-c1cc(OC)cc(OC)c1. The second-order valence-electron chi connectivity index (χ2n) is 6.12. The zero-order valence-electron chi connectivity index (χ0n) is 16.6. The third-order valence-corrected chi connectivity index (χ3v) is 5.22. The smallest absolute Gasteiger partial charge is 0.342 e. The molecule has 1 aromatic heterocycles. The molecule has 0 radical (unpaired) electrons. The lowest BCUT2D eigenvalue weighted by atomic mass is 10.2. The largest absolute Gasteiger partial charge is 0.497 e. The third-order valence-electron chi connectivity index (χ3n) is 4.22. The van der Waals surface area contributed by atoms with E-state index in [1.54, 1.807) is 37.0 Å². The van der Waals surface area contributed by atoms with Crippen LogP contribution in [0.3, 0.4) is 0 Å². The Morgan fingerprint density at radius 1 is 1.13 bits per heavy atom. The summed E-state index contributed by atoms with van der Waals surface area (Å²) in [7, 11) is 3.12. The first-order valence-corrected chi connectivity index (χ1v) is 9.81. The quantitative estimate of drug-likeness (QED) is 0.421. The van der Waals surface area contributed by atoms with E-state index in [1.165, 1.54) is 30.3 Å². The van der Waals surface area contributed by atoms with Crippen LogP contribution in [0.25, 0.3) is 17.5 Å². The maximum atomic E-state index is 13.1. The monoisotopic (exact) mass is 429 g/mol. The van der Waals surface area contributed by atoms with Gasteiger partial charge in [0.15, 0.2) is 11.0 Å². The molecule has 9 heteroatoms. The number of nitrogens with zero attached hydrogens (tertiary/aromatic N) is 3. The minimum Gasteiger partial charge on any atom is -0.497 e. The molecule has 0 bridgehead atoms. The van der Waals surface area contributed by atoms with Crippen molar-refractivity contribution in [3.63, 3.8) is 0 Å². The molecule has 1 N–H and O–H groups in total. The standard InChI is InChI=1S/C21H20FN3O4S/c1-4-25-19(14-10-16(28-2)12-17(11-14)29-3)23-24-21(25)30-18(20(26)27)9-13-5-7-15(22)8-6-13/h5-12H,4H2,1-3H3,(H,26,27)/b18-9-. The molecule has 7 nitrogen and oxygen atoms in total. The Kier molecular flexibility index (Phi) is 6.73. The summed E-state index contributed by atoms with van der Waals surface area (Å²) in [4.78, 5) is 11.8. The molecule has 3 aromatic rings. The molecule has 2 aromatic carbocycles. The normalized spacial score (nSPS) is 11.4. The Balaban J connectivity index is 1.98. The average Bonchev–Trinajstić information content (AvgIpc) is 3.16. The van der Waals surface area contributed by atoms with E-state index in [1.807, 2.05) is 6.92 Å². The van der Waals surface area contributed by atoms with Crippen LogP contribution < -0.4 is 9.47 Å². The van der Waals surface area contributed by atoms with Gasteiger partial charge in [-0.2, -0.15) is 0 Å². The second-order valence-corrected chi connectivity index (χ2v) is 7.13. The molecular weight excluding hydrogens is 409 g/mol. The van der Waals surface area contributed by atoms with E-state index in [0.29, 0.717) is 34.6 Å². The van der Waals surface area contributed by atoms with Crippen molar-refractivity contribution >= 4 is 23.8 Å². The molecule has 0 fully saturated rings. The number of hydrogen-bond acceptors (Lipinski definition) is 6. The topological polar surface area (TPSA) is 86.5 Å². The van der Waals surface area contributed by atoms with E-state index >= 15 is 0 Å². The molecule has 156 valence electrons. The van der Waals surface area contributed by atoms with E-state index < -0.39 is 5.97 Å². The summed E-state index contributed by atoms with van der Waals surface area (Å²) in [6.45, 7) is 2.44. The second kappa shape index (κ2) is 9.45. The fourth-order valence-electron chi connectivity index (χ4n) is 2.74.